The van der Waals surface area contributed by atoms with Crippen molar-refractivity contribution in [1.82, 2.24) is 9.97 Å². The number of aromatic nitrogens is 2. The molecular formula is C25H16Cl2N4O3. The average Bonchev–Trinajstić information content (AvgIpc) is 3.01. The van der Waals surface area contributed by atoms with Gasteiger partial charge in [-0.15, -0.1) is 0 Å². The average molecular weight is 491 g/mol. The van der Waals surface area contributed by atoms with Crippen LogP contribution in [0.15, 0.2) is 79.1 Å². The zero-order valence-electron chi connectivity index (χ0n) is 17.5. The Hall–Kier alpha value is -3.94. The lowest BCUT2D eigenvalue weighted by molar-refractivity contribution is 0.0984. The van der Waals surface area contributed by atoms with E-state index in [1.54, 1.807) is 53.6 Å². The van der Waals surface area contributed by atoms with E-state index in [1.807, 2.05) is 24.3 Å². The normalized spacial score (nSPS) is 12.1. The maximum absolute atomic E-state index is 13.5. The third kappa shape index (κ3) is 4.19. The summed E-state index contributed by atoms with van der Waals surface area (Å²) in [5.74, 6) is 0.477. The third-order valence-corrected chi connectivity index (χ3v) is 5.86. The minimum Gasteiger partial charge on any atom is -0.436 e. The number of halogens is 2. The zero-order chi connectivity index (χ0) is 23.7. The van der Waals surface area contributed by atoms with Crippen LogP contribution >= 0.6 is 23.2 Å². The molecule has 0 aliphatic carbocycles. The summed E-state index contributed by atoms with van der Waals surface area (Å²) < 4.78 is 5.95. The van der Waals surface area contributed by atoms with Gasteiger partial charge in [-0.1, -0.05) is 47.5 Å². The van der Waals surface area contributed by atoms with Crippen LogP contribution in [0.2, 0.25) is 10.0 Å². The summed E-state index contributed by atoms with van der Waals surface area (Å²) in [6.45, 7) is 0.280. The van der Waals surface area contributed by atoms with E-state index in [1.165, 1.54) is 6.20 Å². The number of anilines is 2. The van der Waals surface area contributed by atoms with Crippen molar-refractivity contribution < 1.29 is 14.3 Å². The fourth-order valence-corrected chi connectivity index (χ4v) is 4.16. The number of nitrogens with zero attached hydrogens (tertiary/aromatic N) is 3. The predicted octanol–water partition coefficient (Wildman–Crippen LogP) is 5.99. The lowest BCUT2D eigenvalue weighted by atomic mass is 10.1. The van der Waals surface area contributed by atoms with Crippen molar-refractivity contribution in [1.29, 1.82) is 0 Å². The summed E-state index contributed by atoms with van der Waals surface area (Å²) in [4.78, 5) is 36.2. The van der Waals surface area contributed by atoms with Crippen molar-refractivity contribution in [2.45, 2.75) is 6.54 Å². The SMILES string of the molecule is O=C(Nc1ccc(C(=O)N2Cc3cccnc3Oc3ccccc32)cn1)c1c(Cl)cccc1Cl. The van der Waals surface area contributed by atoms with Crippen molar-refractivity contribution in [3.63, 3.8) is 0 Å². The van der Waals surface area contributed by atoms with Crippen molar-refractivity contribution in [3.8, 4) is 11.6 Å². The molecule has 0 unspecified atom stereocenters. The van der Waals surface area contributed by atoms with Crippen LogP contribution in [0, 0.1) is 0 Å². The fourth-order valence-electron chi connectivity index (χ4n) is 3.59. The molecule has 4 aromatic rings. The molecule has 1 aliphatic heterocycles. The Morgan fingerprint density at radius 2 is 1.71 bits per heavy atom. The van der Waals surface area contributed by atoms with Gasteiger partial charge in [0.1, 0.15) is 5.82 Å². The summed E-state index contributed by atoms with van der Waals surface area (Å²) in [5.41, 5.74) is 1.90. The molecule has 34 heavy (non-hydrogen) atoms. The Kier molecular flexibility index (Phi) is 5.88. The molecule has 2 amide bonds. The molecule has 0 spiro atoms. The first-order chi connectivity index (χ1) is 16.5. The molecule has 0 bridgehead atoms. The molecule has 9 heteroatoms. The van der Waals surface area contributed by atoms with Gasteiger partial charge in [-0.25, -0.2) is 9.97 Å². The van der Waals surface area contributed by atoms with Crippen LogP contribution in [0.5, 0.6) is 11.6 Å². The Balaban J connectivity index is 1.40. The molecule has 1 aliphatic rings. The maximum atomic E-state index is 13.5. The van der Waals surface area contributed by atoms with E-state index in [9.17, 15) is 9.59 Å². The van der Waals surface area contributed by atoms with Gasteiger partial charge in [0.25, 0.3) is 11.8 Å². The molecular weight excluding hydrogens is 475 g/mol. The second kappa shape index (κ2) is 9.13. The molecule has 0 fully saturated rings. The number of rotatable bonds is 3. The number of hydrogen-bond acceptors (Lipinski definition) is 5. The van der Waals surface area contributed by atoms with Crippen LogP contribution in [-0.4, -0.2) is 21.8 Å². The van der Waals surface area contributed by atoms with Crippen LogP contribution in [0.25, 0.3) is 0 Å². The Labute approximate surface area is 204 Å². The Morgan fingerprint density at radius 3 is 2.47 bits per heavy atom. The number of carbonyl (C=O) groups excluding carboxylic acids is 2. The minimum atomic E-state index is -0.495. The van der Waals surface area contributed by atoms with Crippen molar-refractivity contribution >= 4 is 46.5 Å². The highest BCUT2D eigenvalue weighted by atomic mass is 35.5. The number of amides is 2. The molecule has 1 N–H and O–H groups in total. The third-order valence-electron chi connectivity index (χ3n) is 5.23. The summed E-state index contributed by atoms with van der Waals surface area (Å²) in [5, 5.41) is 3.11. The van der Waals surface area contributed by atoms with Crippen molar-refractivity contribution in [3.05, 3.63) is 106 Å². The smallest absolute Gasteiger partial charge is 0.260 e. The first kappa shape index (κ1) is 21.9. The highest BCUT2D eigenvalue weighted by molar-refractivity contribution is 6.40. The van der Waals surface area contributed by atoms with E-state index in [2.05, 4.69) is 15.3 Å². The van der Waals surface area contributed by atoms with Crippen LogP contribution in [-0.2, 0) is 6.54 Å². The lowest BCUT2D eigenvalue weighted by Gasteiger charge is -2.22. The monoisotopic (exact) mass is 490 g/mol. The van der Waals surface area contributed by atoms with E-state index in [-0.39, 0.29) is 33.9 Å². The number of carbonyl (C=O) groups is 2. The minimum absolute atomic E-state index is 0.154. The number of pyridine rings is 2. The first-order valence-corrected chi connectivity index (χ1v) is 11.0. The summed E-state index contributed by atoms with van der Waals surface area (Å²) >= 11 is 12.2. The van der Waals surface area contributed by atoms with Gasteiger partial charge >= 0.3 is 0 Å². The van der Waals surface area contributed by atoms with Gasteiger partial charge in [-0.2, -0.15) is 0 Å². The standard InChI is InChI=1S/C25H16Cl2N4O3/c26-17-6-3-7-18(27)22(17)23(32)30-21-11-10-15(13-29-21)25(33)31-14-16-5-4-12-28-24(16)34-20-9-2-1-8-19(20)31/h1-13H,14H2,(H,29,30,32). The largest absolute Gasteiger partial charge is 0.436 e. The van der Waals surface area contributed by atoms with Gasteiger partial charge < -0.3 is 15.0 Å². The highest BCUT2D eigenvalue weighted by Gasteiger charge is 2.27. The van der Waals surface area contributed by atoms with E-state index in [0.717, 1.165) is 5.56 Å². The molecule has 0 radical (unpaired) electrons. The van der Waals surface area contributed by atoms with E-state index in [0.29, 0.717) is 22.9 Å². The van der Waals surface area contributed by atoms with Crippen LogP contribution in [0.3, 0.4) is 0 Å². The van der Waals surface area contributed by atoms with E-state index in [4.69, 9.17) is 27.9 Å². The van der Waals surface area contributed by atoms with Gasteiger partial charge in [-0.05, 0) is 42.5 Å². The van der Waals surface area contributed by atoms with Crippen LogP contribution in [0.4, 0.5) is 11.5 Å². The second-order valence-electron chi connectivity index (χ2n) is 7.41. The van der Waals surface area contributed by atoms with Gasteiger partial charge in [-0.3, -0.25) is 9.59 Å². The number of hydrogen-bond donors (Lipinski definition) is 1. The van der Waals surface area contributed by atoms with Gasteiger partial charge in [0.05, 0.1) is 33.4 Å². The number of fused-ring (bicyclic) bond motifs is 2. The summed E-state index contributed by atoms with van der Waals surface area (Å²) in [6.07, 6.45) is 3.05. The first-order valence-electron chi connectivity index (χ1n) is 10.3. The molecule has 3 heterocycles. The topological polar surface area (TPSA) is 84.4 Å². The Morgan fingerprint density at radius 1 is 0.912 bits per heavy atom. The van der Waals surface area contributed by atoms with Crippen molar-refractivity contribution in [2.24, 2.45) is 0 Å². The number of benzene rings is 2. The molecule has 5 rings (SSSR count). The molecule has 2 aromatic carbocycles. The number of ether oxygens (including phenoxy) is 1. The maximum Gasteiger partial charge on any atom is 0.260 e. The number of para-hydroxylation sites is 2. The Bertz CT molecular complexity index is 1390. The van der Waals surface area contributed by atoms with E-state index < -0.39 is 5.91 Å². The van der Waals surface area contributed by atoms with Crippen LogP contribution < -0.4 is 15.0 Å². The summed E-state index contributed by atoms with van der Waals surface area (Å²) in [6, 6.07) is 18.9. The molecule has 2 aromatic heterocycles. The zero-order valence-corrected chi connectivity index (χ0v) is 19.0. The van der Waals surface area contributed by atoms with Crippen LogP contribution in [0.1, 0.15) is 26.3 Å². The van der Waals surface area contributed by atoms with Gasteiger partial charge in [0.15, 0.2) is 5.75 Å². The molecule has 0 saturated carbocycles. The van der Waals surface area contributed by atoms with E-state index >= 15 is 0 Å². The molecule has 7 nitrogen and oxygen atoms in total. The lowest BCUT2D eigenvalue weighted by Crippen LogP contribution is -2.30. The van der Waals surface area contributed by atoms with Gasteiger partial charge in [0, 0.05) is 18.0 Å². The number of nitrogens with one attached hydrogen (secondary N) is 1. The van der Waals surface area contributed by atoms with Crippen molar-refractivity contribution in [2.75, 3.05) is 10.2 Å². The van der Waals surface area contributed by atoms with Gasteiger partial charge in [0.2, 0.25) is 5.88 Å². The predicted molar refractivity (Wildman–Crippen MR) is 130 cm³/mol. The highest BCUT2D eigenvalue weighted by Crippen LogP contribution is 2.38. The molecule has 0 saturated heterocycles. The molecule has 168 valence electrons. The second-order valence-corrected chi connectivity index (χ2v) is 8.23. The molecule has 0 atom stereocenters. The fraction of sp³-hybridized carbons (Fsp3) is 0.0400. The quantitative estimate of drug-likeness (QED) is 0.381. The summed E-state index contributed by atoms with van der Waals surface area (Å²) in [7, 11) is 0.